The van der Waals surface area contributed by atoms with Gasteiger partial charge in [-0.15, -0.1) is 0 Å². The number of fused-ring (bicyclic) bond motifs is 1. The van der Waals surface area contributed by atoms with Gasteiger partial charge >= 0.3 is 6.03 Å². The van der Waals surface area contributed by atoms with Gasteiger partial charge in [0.15, 0.2) is 0 Å². The van der Waals surface area contributed by atoms with Crippen LogP contribution >= 0.6 is 0 Å². The Balaban J connectivity index is 1.96. The van der Waals surface area contributed by atoms with Crippen molar-refractivity contribution in [3.63, 3.8) is 0 Å². The third kappa shape index (κ3) is 1.32. The molecule has 0 saturated carbocycles. The summed E-state index contributed by atoms with van der Waals surface area (Å²) in [4.78, 5) is 14.7. The number of ether oxygens (including phenoxy) is 1. The summed E-state index contributed by atoms with van der Waals surface area (Å²) in [6.45, 7) is 0.722. The van der Waals surface area contributed by atoms with E-state index in [9.17, 15) is 4.79 Å². The molecular weight excluding hydrogens is 206 g/mol. The van der Waals surface area contributed by atoms with Crippen molar-refractivity contribution in [2.45, 2.75) is 12.5 Å². The molecule has 0 aliphatic carbocycles. The minimum absolute atomic E-state index is 0.293. The van der Waals surface area contributed by atoms with E-state index in [2.05, 4.69) is 10.3 Å². The number of carbonyl (C=O) groups is 1. The molecule has 0 bridgehead atoms. The summed E-state index contributed by atoms with van der Waals surface area (Å²) in [5.41, 5.74) is 7.80. The van der Waals surface area contributed by atoms with Crippen LogP contribution in [0, 0.1) is 0 Å². The predicted molar refractivity (Wildman–Crippen MR) is 58.5 cm³/mol. The van der Waals surface area contributed by atoms with Crippen molar-refractivity contribution in [2.75, 3.05) is 6.61 Å². The lowest BCUT2D eigenvalue weighted by molar-refractivity contribution is 0.250. The van der Waals surface area contributed by atoms with Crippen LogP contribution < -0.4 is 15.8 Å². The zero-order valence-electron chi connectivity index (χ0n) is 8.56. The second kappa shape index (κ2) is 3.23. The first-order chi connectivity index (χ1) is 7.74. The summed E-state index contributed by atoms with van der Waals surface area (Å²) in [5, 5.41) is 2.70. The van der Waals surface area contributed by atoms with Gasteiger partial charge in [-0.3, -0.25) is 0 Å². The Morgan fingerprint density at radius 1 is 1.50 bits per heavy atom. The third-order valence-electron chi connectivity index (χ3n) is 2.84. The summed E-state index contributed by atoms with van der Waals surface area (Å²) in [5.74, 6) is 1.24. The summed E-state index contributed by atoms with van der Waals surface area (Å²) < 4.78 is 5.42. The zero-order valence-corrected chi connectivity index (χ0v) is 8.56. The third-order valence-corrected chi connectivity index (χ3v) is 2.84. The average molecular weight is 217 g/mol. The number of urea groups is 1. The van der Waals surface area contributed by atoms with Crippen LogP contribution in [0.1, 0.15) is 17.2 Å². The molecule has 2 aliphatic rings. The quantitative estimate of drug-likeness (QED) is 0.728. The molecule has 5 nitrogen and oxygen atoms in total. The first kappa shape index (κ1) is 9.21. The second-order valence-corrected chi connectivity index (χ2v) is 3.88. The number of hydrogen-bond donors (Lipinski definition) is 2. The molecule has 1 aromatic rings. The number of nitrogens with zero attached hydrogens (tertiary/aromatic N) is 1. The lowest BCUT2D eigenvalue weighted by Gasteiger charge is -2.11. The largest absolute Gasteiger partial charge is 0.493 e. The van der Waals surface area contributed by atoms with E-state index in [4.69, 9.17) is 10.5 Å². The van der Waals surface area contributed by atoms with Gasteiger partial charge in [-0.25, -0.2) is 4.79 Å². The average Bonchev–Trinajstić information content (AvgIpc) is 2.83. The fraction of sp³-hybridized carbons (Fsp3) is 0.273. The van der Waals surface area contributed by atoms with E-state index in [-0.39, 0.29) is 12.1 Å². The van der Waals surface area contributed by atoms with Gasteiger partial charge < -0.3 is 15.8 Å². The minimum Gasteiger partial charge on any atom is -0.493 e. The zero-order chi connectivity index (χ0) is 11.1. The smallest absolute Gasteiger partial charge is 0.343 e. The second-order valence-electron chi connectivity index (χ2n) is 3.88. The van der Waals surface area contributed by atoms with Crippen LogP contribution in [0.5, 0.6) is 5.75 Å². The molecule has 0 radical (unpaired) electrons. The minimum atomic E-state index is -0.376. The van der Waals surface area contributed by atoms with Gasteiger partial charge in [-0.05, 0) is 23.3 Å². The molecule has 2 amide bonds. The maximum absolute atomic E-state index is 11.1. The molecule has 2 heterocycles. The Labute approximate surface area is 92.3 Å². The molecule has 3 N–H and O–H groups in total. The van der Waals surface area contributed by atoms with Crippen LogP contribution in [-0.4, -0.2) is 18.5 Å². The molecule has 0 aromatic heterocycles. The van der Waals surface area contributed by atoms with Gasteiger partial charge in [0.05, 0.1) is 6.61 Å². The van der Waals surface area contributed by atoms with Crippen molar-refractivity contribution >= 4 is 11.9 Å². The highest BCUT2D eigenvalue weighted by Gasteiger charge is 2.26. The predicted octanol–water partition coefficient (Wildman–Crippen LogP) is 0.743. The fourth-order valence-corrected chi connectivity index (χ4v) is 2.05. The summed E-state index contributed by atoms with van der Waals surface area (Å²) in [6, 6.07) is 5.16. The SMILES string of the molecule is NC1=NC(=O)NC1c1ccc2c(c1)CCO2. The molecule has 1 atom stereocenters. The summed E-state index contributed by atoms with van der Waals surface area (Å²) >= 11 is 0. The van der Waals surface area contributed by atoms with E-state index in [0.29, 0.717) is 5.84 Å². The molecule has 0 fully saturated rings. The van der Waals surface area contributed by atoms with Gasteiger partial charge in [0.1, 0.15) is 17.6 Å². The number of hydrogen-bond acceptors (Lipinski definition) is 3. The summed E-state index contributed by atoms with van der Waals surface area (Å²) in [6.07, 6.45) is 0.904. The number of nitrogens with one attached hydrogen (secondary N) is 1. The van der Waals surface area contributed by atoms with Crippen molar-refractivity contribution in [3.05, 3.63) is 29.3 Å². The Morgan fingerprint density at radius 3 is 3.12 bits per heavy atom. The lowest BCUT2D eigenvalue weighted by Crippen LogP contribution is -2.27. The normalized spacial score (nSPS) is 22.4. The number of benzene rings is 1. The first-order valence-corrected chi connectivity index (χ1v) is 5.14. The molecule has 0 saturated heterocycles. The Kier molecular flexibility index (Phi) is 1.86. The summed E-state index contributed by atoms with van der Waals surface area (Å²) in [7, 11) is 0. The fourth-order valence-electron chi connectivity index (χ4n) is 2.05. The standard InChI is InChI=1S/C11H11N3O2/c12-10-9(13-11(15)14-10)7-1-2-8-6(5-7)3-4-16-8/h1-2,5,9H,3-4H2,(H3,12,13,14,15). The maximum Gasteiger partial charge on any atom is 0.343 e. The topological polar surface area (TPSA) is 76.7 Å². The highest BCUT2D eigenvalue weighted by atomic mass is 16.5. The van der Waals surface area contributed by atoms with E-state index in [0.717, 1.165) is 29.9 Å². The number of nitrogens with two attached hydrogens (primary N) is 1. The van der Waals surface area contributed by atoms with Crippen LogP contribution in [0.3, 0.4) is 0 Å². The molecule has 1 unspecified atom stereocenters. The highest BCUT2D eigenvalue weighted by Crippen LogP contribution is 2.29. The number of amides is 2. The highest BCUT2D eigenvalue weighted by molar-refractivity contribution is 6.03. The van der Waals surface area contributed by atoms with Crippen LogP contribution in [-0.2, 0) is 6.42 Å². The molecule has 2 aliphatic heterocycles. The molecule has 16 heavy (non-hydrogen) atoms. The van der Waals surface area contributed by atoms with Crippen LogP contribution in [0.2, 0.25) is 0 Å². The lowest BCUT2D eigenvalue weighted by atomic mass is 10.0. The van der Waals surface area contributed by atoms with Crippen molar-refractivity contribution in [1.29, 1.82) is 0 Å². The van der Waals surface area contributed by atoms with E-state index in [1.54, 1.807) is 0 Å². The number of carbonyl (C=O) groups excluding carboxylic acids is 1. The van der Waals surface area contributed by atoms with Gasteiger partial charge in [-0.1, -0.05) is 6.07 Å². The molecule has 1 aromatic carbocycles. The molecule has 82 valence electrons. The number of aliphatic imine (C=N–C) groups is 1. The molecular formula is C11H11N3O2. The van der Waals surface area contributed by atoms with Crippen molar-refractivity contribution in [1.82, 2.24) is 5.32 Å². The van der Waals surface area contributed by atoms with Gasteiger partial charge in [0.2, 0.25) is 0 Å². The Bertz CT molecular complexity index is 496. The van der Waals surface area contributed by atoms with Crippen molar-refractivity contribution < 1.29 is 9.53 Å². The first-order valence-electron chi connectivity index (χ1n) is 5.14. The number of rotatable bonds is 1. The molecule has 3 rings (SSSR count). The molecule has 5 heteroatoms. The van der Waals surface area contributed by atoms with Crippen LogP contribution in [0.25, 0.3) is 0 Å². The van der Waals surface area contributed by atoms with Crippen molar-refractivity contribution in [2.24, 2.45) is 10.7 Å². The van der Waals surface area contributed by atoms with E-state index < -0.39 is 0 Å². The van der Waals surface area contributed by atoms with E-state index in [1.807, 2.05) is 18.2 Å². The Morgan fingerprint density at radius 2 is 2.38 bits per heavy atom. The van der Waals surface area contributed by atoms with Crippen LogP contribution in [0.4, 0.5) is 4.79 Å². The van der Waals surface area contributed by atoms with Crippen molar-refractivity contribution in [3.8, 4) is 5.75 Å². The van der Waals surface area contributed by atoms with E-state index in [1.165, 1.54) is 0 Å². The number of amidine groups is 1. The molecule has 0 spiro atoms. The van der Waals surface area contributed by atoms with Gasteiger partial charge in [-0.2, -0.15) is 4.99 Å². The maximum atomic E-state index is 11.1. The monoisotopic (exact) mass is 217 g/mol. The Hall–Kier alpha value is -2.04. The van der Waals surface area contributed by atoms with E-state index >= 15 is 0 Å². The van der Waals surface area contributed by atoms with Gasteiger partial charge in [0, 0.05) is 6.42 Å². The van der Waals surface area contributed by atoms with Gasteiger partial charge in [0.25, 0.3) is 0 Å². The van der Waals surface area contributed by atoms with Crippen LogP contribution in [0.15, 0.2) is 23.2 Å².